The molecule has 1 atom stereocenters. The van der Waals surface area contributed by atoms with Gasteiger partial charge in [-0.15, -0.1) is 5.06 Å². The summed E-state index contributed by atoms with van der Waals surface area (Å²) in [7, 11) is 1.51. The van der Waals surface area contributed by atoms with Gasteiger partial charge >= 0.3 is 6.16 Å². The number of hydrogen-bond donors (Lipinski definition) is 1. The number of rotatable bonds is 10. The normalized spacial score (nSPS) is 15.5. The molecule has 0 saturated carbocycles. The van der Waals surface area contributed by atoms with Crippen molar-refractivity contribution in [2.45, 2.75) is 46.3 Å². The van der Waals surface area contributed by atoms with Crippen LogP contribution in [-0.2, 0) is 33.8 Å². The smallest absolute Gasteiger partial charge is 0.528 e. The number of furan rings is 1. The lowest BCUT2D eigenvalue weighted by molar-refractivity contribution is -0.158. The van der Waals surface area contributed by atoms with E-state index in [0.717, 1.165) is 5.56 Å². The monoisotopic (exact) mass is 618 g/mol. The summed E-state index contributed by atoms with van der Waals surface area (Å²) >= 11 is -2.53. The molecule has 1 aliphatic heterocycles. The lowest BCUT2D eigenvalue weighted by Crippen LogP contribution is -2.49. The van der Waals surface area contributed by atoms with Gasteiger partial charge in [-0.2, -0.15) is 0 Å². The number of hydrogen-bond acceptors (Lipinski definition) is 10. The molecule has 12 nitrogen and oxygen atoms in total. The third kappa shape index (κ3) is 8.36. The summed E-state index contributed by atoms with van der Waals surface area (Å²) in [5.74, 6) is -0.551. The second kappa shape index (κ2) is 13.9. The summed E-state index contributed by atoms with van der Waals surface area (Å²) in [6, 6.07) is 7.40. The molecule has 4 rings (SSSR count). The van der Waals surface area contributed by atoms with Crippen molar-refractivity contribution in [2.24, 2.45) is 0 Å². The van der Waals surface area contributed by atoms with E-state index in [4.69, 9.17) is 14.0 Å². The Bertz CT molecular complexity index is 1470. The van der Waals surface area contributed by atoms with Gasteiger partial charge < -0.3 is 23.9 Å². The number of nitrogens with zero attached hydrogens (tertiary/aromatic N) is 4. The highest BCUT2D eigenvalue weighted by Gasteiger charge is 2.26. The standard InChI is InChI=1S/C29H38FN5O7S/c1-6-19-17-22-24(26(36)31-5)25(20-7-9-21(30)10-8-20)40-27(22)32-23(19)18-35(43(38)39)16-13-33-11-14-34(15-12-33)42-28(37)41-29(2,3)4/h7-10,17H,6,11-16,18H2,1-5H3,(H,31,36)(H,38,39)/p-1. The van der Waals surface area contributed by atoms with Crippen LogP contribution in [0.15, 0.2) is 34.7 Å². The van der Waals surface area contributed by atoms with Crippen LogP contribution >= 0.6 is 0 Å². The Hall–Kier alpha value is -3.43. The highest BCUT2D eigenvalue weighted by molar-refractivity contribution is 7.76. The van der Waals surface area contributed by atoms with E-state index in [-0.39, 0.29) is 36.0 Å². The van der Waals surface area contributed by atoms with Crippen molar-refractivity contribution in [3.05, 3.63) is 53.0 Å². The number of benzene rings is 1. The van der Waals surface area contributed by atoms with Gasteiger partial charge in [0.05, 0.1) is 23.2 Å². The molecule has 0 radical (unpaired) electrons. The quantitative estimate of drug-likeness (QED) is 0.265. The number of carbonyl (C=O) groups is 2. The molecule has 1 unspecified atom stereocenters. The number of carbonyl (C=O) groups excluding carboxylic acids is 2. The molecule has 0 aliphatic carbocycles. The zero-order chi connectivity index (χ0) is 31.3. The molecule has 1 N–H and O–H groups in total. The van der Waals surface area contributed by atoms with Crippen LogP contribution in [0.3, 0.4) is 0 Å². The number of piperazine rings is 1. The van der Waals surface area contributed by atoms with E-state index in [1.165, 1.54) is 40.7 Å². The van der Waals surface area contributed by atoms with Crippen molar-refractivity contribution >= 4 is 34.4 Å². The predicted molar refractivity (Wildman–Crippen MR) is 157 cm³/mol. The molecule has 1 fully saturated rings. The Morgan fingerprint density at radius 1 is 1.19 bits per heavy atom. The van der Waals surface area contributed by atoms with E-state index in [1.54, 1.807) is 26.8 Å². The fourth-order valence-corrected chi connectivity index (χ4v) is 5.20. The van der Waals surface area contributed by atoms with Gasteiger partial charge in [-0.1, -0.05) is 6.92 Å². The van der Waals surface area contributed by atoms with Crippen molar-refractivity contribution in [3.63, 3.8) is 0 Å². The molecule has 1 aromatic carbocycles. The average molecular weight is 619 g/mol. The molecule has 0 spiro atoms. The number of fused-ring (bicyclic) bond motifs is 1. The van der Waals surface area contributed by atoms with E-state index in [0.29, 0.717) is 55.8 Å². The number of aryl methyl sites for hydroxylation is 1. The molecule has 3 heterocycles. The van der Waals surface area contributed by atoms with E-state index in [1.807, 2.05) is 6.92 Å². The predicted octanol–water partition coefficient (Wildman–Crippen LogP) is 3.64. The van der Waals surface area contributed by atoms with Crippen LogP contribution in [0, 0.1) is 5.82 Å². The summed E-state index contributed by atoms with van der Waals surface area (Å²) < 4.78 is 50.5. The molecule has 2 aromatic heterocycles. The number of aromatic nitrogens is 1. The number of hydroxylamine groups is 2. The first kappa shape index (κ1) is 32.5. The average Bonchev–Trinajstić information content (AvgIpc) is 3.32. The zero-order valence-electron chi connectivity index (χ0n) is 25.0. The minimum atomic E-state index is -2.53. The van der Waals surface area contributed by atoms with Crippen LogP contribution in [0.1, 0.15) is 49.3 Å². The fourth-order valence-electron chi connectivity index (χ4n) is 4.74. The van der Waals surface area contributed by atoms with Gasteiger partial charge in [-0.25, -0.2) is 18.5 Å². The molecular weight excluding hydrogens is 581 g/mol. The zero-order valence-corrected chi connectivity index (χ0v) is 25.8. The molecule has 1 aliphatic rings. The molecule has 0 bridgehead atoms. The van der Waals surface area contributed by atoms with Gasteiger partial charge in [-0.3, -0.25) is 13.9 Å². The molecular formula is C29H37FN5O7S-. The van der Waals surface area contributed by atoms with Crippen LogP contribution in [0.2, 0.25) is 0 Å². The summed E-state index contributed by atoms with van der Waals surface area (Å²) in [5.41, 5.74) is 1.60. The van der Waals surface area contributed by atoms with Crippen molar-refractivity contribution in [3.8, 4) is 11.3 Å². The second-order valence-corrected chi connectivity index (χ2v) is 12.1. The van der Waals surface area contributed by atoms with Crippen molar-refractivity contribution < 1.29 is 36.7 Å². The largest absolute Gasteiger partial charge is 0.760 e. The molecule has 1 amide bonds. The first-order valence-corrected chi connectivity index (χ1v) is 15.1. The fraction of sp³-hybridized carbons (Fsp3) is 0.483. The molecule has 43 heavy (non-hydrogen) atoms. The summed E-state index contributed by atoms with van der Waals surface area (Å²) in [6.07, 6.45) is -0.213. The van der Waals surface area contributed by atoms with Crippen LogP contribution in [-0.4, -0.2) is 92.0 Å². The minimum Gasteiger partial charge on any atom is -0.760 e. The highest BCUT2D eigenvalue weighted by atomic mass is 32.2. The van der Waals surface area contributed by atoms with Gasteiger partial charge in [0, 0.05) is 63.1 Å². The van der Waals surface area contributed by atoms with E-state index >= 15 is 0 Å². The summed E-state index contributed by atoms with van der Waals surface area (Å²) in [5, 5.41) is 4.65. The molecule has 234 valence electrons. The maximum atomic E-state index is 13.6. The van der Waals surface area contributed by atoms with Crippen LogP contribution in [0.4, 0.5) is 9.18 Å². The van der Waals surface area contributed by atoms with Crippen molar-refractivity contribution in [2.75, 3.05) is 46.3 Å². The third-order valence-electron chi connectivity index (χ3n) is 6.92. The van der Waals surface area contributed by atoms with Gasteiger partial charge in [-0.05, 0) is 63.1 Å². The number of nitrogens with one attached hydrogen (secondary N) is 1. The Morgan fingerprint density at radius 2 is 1.86 bits per heavy atom. The molecule has 3 aromatic rings. The summed E-state index contributed by atoms with van der Waals surface area (Å²) in [4.78, 5) is 36.8. The number of amides is 1. The Balaban J connectivity index is 1.47. The first-order valence-electron chi connectivity index (χ1n) is 14.0. The van der Waals surface area contributed by atoms with Crippen LogP contribution in [0.5, 0.6) is 0 Å². The minimum absolute atomic E-state index is 0.0127. The SMILES string of the molecule is CCc1cc2c(C(=O)NC)c(-c3ccc(F)cc3)oc2nc1CN(CCN1CCN(OC(=O)OC(C)(C)C)CC1)S(=O)[O-]. The van der Waals surface area contributed by atoms with Crippen molar-refractivity contribution in [1.82, 2.24) is 24.6 Å². The van der Waals surface area contributed by atoms with Gasteiger partial charge in [0.2, 0.25) is 5.71 Å². The Morgan fingerprint density at radius 3 is 2.44 bits per heavy atom. The van der Waals surface area contributed by atoms with Crippen molar-refractivity contribution in [1.29, 1.82) is 0 Å². The number of ether oxygens (including phenoxy) is 1. The Kier molecular flexibility index (Phi) is 10.5. The van der Waals surface area contributed by atoms with Gasteiger partial charge in [0.1, 0.15) is 17.2 Å². The molecule has 1 saturated heterocycles. The first-order chi connectivity index (χ1) is 20.4. The molecule has 14 heteroatoms. The lowest BCUT2D eigenvalue weighted by Gasteiger charge is -2.35. The topological polar surface area (TPSA) is 141 Å². The van der Waals surface area contributed by atoms with Gasteiger partial charge in [0.25, 0.3) is 5.91 Å². The Labute approximate surface area is 252 Å². The van der Waals surface area contributed by atoms with E-state index in [2.05, 4.69) is 15.2 Å². The summed E-state index contributed by atoms with van der Waals surface area (Å²) in [6.45, 7) is 9.97. The lowest BCUT2D eigenvalue weighted by atomic mass is 10.0. The maximum absolute atomic E-state index is 13.6. The maximum Gasteiger partial charge on any atom is 0.528 e. The van der Waals surface area contributed by atoms with E-state index < -0.39 is 28.8 Å². The van der Waals surface area contributed by atoms with Gasteiger partial charge in [0.15, 0.2) is 0 Å². The van der Waals surface area contributed by atoms with E-state index in [9.17, 15) is 22.7 Å². The number of halogens is 1. The third-order valence-corrected chi connectivity index (χ3v) is 7.65. The highest BCUT2D eigenvalue weighted by Crippen LogP contribution is 2.34. The van der Waals surface area contributed by atoms with Crippen LogP contribution < -0.4 is 5.32 Å². The second-order valence-electron chi connectivity index (χ2n) is 11.1. The van der Waals surface area contributed by atoms with Crippen LogP contribution in [0.25, 0.3) is 22.4 Å². The number of pyridine rings is 1.